The van der Waals surface area contributed by atoms with E-state index in [9.17, 15) is 10.1 Å². The monoisotopic (exact) mass is 256 g/mol. The van der Waals surface area contributed by atoms with Crippen molar-refractivity contribution in [1.82, 2.24) is 14.3 Å². The van der Waals surface area contributed by atoms with Gasteiger partial charge in [0.05, 0.1) is 22.7 Å². The van der Waals surface area contributed by atoms with Crippen LogP contribution in [0.3, 0.4) is 0 Å². The van der Waals surface area contributed by atoms with Gasteiger partial charge >= 0.3 is 0 Å². The van der Waals surface area contributed by atoms with Crippen molar-refractivity contribution in [2.75, 3.05) is 0 Å². The number of benzene rings is 1. The van der Waals surface area contributed by atoms with Crippen LogP contribution in [-0.2, 0) is 13.6 Å². The molecule has 0 saturated heterocycles. The number of non-ortho nitro benzene ring substituents is 1. The Morgan fingerprint density at radius 1 is 1.26 bits per heavy atom. The van der Waals surface area contributed by atoms with Crippen LogP contribution in [0.5, 0.6) is 0 Å². The molecule has 3 rings (SSSR count). The molecule has 0 fully saturated rings. The smallest absolute Gasteiger partial charge is 0.271 e. The van der Waals surface area contributed by atoms with E-state index in [0.29, 0.717) is 6.54 Å². The average Bonchev–Trinajstić information content (AvgIpc) is 2.96. The van der Waals surface area contributed by atoms with Gasteiger partial charge in [0.1, 0.15) is 0 Å². The van der Waals surface area contributed by atoms with Crippen LogP contribution in [0.2, 0.25) is 0 Å². The molecule has 3 aromatic rings. The maximum absolute atomic E-state index is 10.8. The highest BCUT2D eigenvalue weighted by atomic mass is 16.6. The van der Waals surface area contributed by atoms with Gasteiger partial charge in [0.2, 0.25) is 0 Å². The number of nitro benzene ring substituents is 1. The lowest BCUT2D eigenvalue weighted by Gasteiger charge is -2.02. The van der Waals surface area contributed by atoms with Crippen LogP contribution in [0, 0.1) is 10.1 Å². The van der Waals surface area contributed by atoms with Gasteiger partial charge in [0, 0.05) is 37.0 Å². The maximum atomic E-state index is 10.8. The van der Waals surface area contributed by atoms with Crippen molar-refractivity contribution in [2.24, 2.45) is 7.05 Å². The predicted octanol–water partition coefficient (Wildman–Crippen LogP) is 2.33. The number of rotatable bonds is 3. The van der Waals surface area contributed by atoms with Gasteiger partial charge in [-0.15, -0.1) is 0 Å². The predicted molar refractivity (Wildman–Crippen MR) is 70.9 cm³/mol. The Labute approximate surface area is 109 Å². The van der Waals surface area contributed by atoms with Gasteiger partial charge in [0.15, 0.2) is 0 Å². The normalized spacial score (nSPS) is 11.0. The van der Waals surface area contributed by atoms with Crippen LogP contribution >= 0.6 is 0 Å². The van der Waals surface area contributed by atoms with Crippen molar-refractivity contribution in [3.63, 3.8) is 0 Å². The number of fused-ring (bicyclic) bond motifs is 1. The van der Waals surface area contributed by atoms with E-state index in [1.165, 1.54) is 6.07 Å². The molecule has 0 bridgehead atoms. The highest BCUT2D eigenvalue weighted by molar-refractivity contribution is 5.82. The van der Waals surface area contributed by atoms with Crippen LogP contribution in [0.4, 0.5) is 5.69 Å². The second-order valence-electron chi connectivity index (χ2n) is 4.42. The van der Waals surface area contributed by atoms with Crippen LogP contribution in [-0.4, -0.2) is 19.3 Å². The first-order valence-corrected chi connectivity index (χ1v) is 5.85. The largest absolute Gasteiger partial charge is 0.341 e. The van der Waals surface area contributed by atoms with Crippen LogP contribution in [0.1, 0.15) is 5.69 Å². The maximum Gasteiger partial charge on any atom is 0.271 e. The fourth-order valence-electron chi connectivity index (χ4n) is 2.15. The first kappa shape index (κ1) is 11.5. The molecule has 0 spiro atoms. The van der Waals surface area contributed by atoms with E-state index in [1.54, 1.807) is 16.8 Å². The molecule has 0 aliphatic carbocycles. The third-order valence-electron chi connectivity index (χ3n) is 3.07. The standard InChI is InChI=1S/C13H12N4O2/c1-15-6-5-11(14-15)9-16-7-4-10-2-3-12(17(18)19)8-13(10)16/h2-8H,9H2,1H3. The average molecular weight is 256 g/mol. The molecule has 2 heterocycles. The lowest BCUT2D eigenvalue weighted by Crippen LogP contribution is -2.00. The first-order valence-electron chi connectivity index (χ1n) is 5.85. The molecule has 96 valence electrons. The number of nitro groups is 1. The Kier molecular flexibility index (Phi) is 2.56. The lowest BCUT2D eigenvalue weighted by atomic mass is 10.2. The van der Waals surface area contributed by atoms with E-state index in [0.717, 1.165) is 16.6 Å². The summed E-state index contributed by atoms with van der Waals surface area (Å²) in [5.74, 6) is 0. The minimum absolute atomic E-state index is 0.105. The van der Waals surface area contributed by atoms with E-state index < -0.39 is 0 Å². The van der Waals surface area contributed by atoms with Crippen molar-refractivity contribution < 1.29 is 4.92 Å². The molecule has 2 aromatic heterocycles. The molecule has 6 heteroatoms. The van der Waals surface area contributed by atoms with Crippen molar-refractivity contribution >= 4 is 16.6 Å². The van der Waals surface area contributed by atoms with Gasteiger partial charge in [-0.1, -0.05) is 0 Å². The zero-order chi connectivity index (χ0) is 13.4. The summed E-state index contributed by atoms with van der Waals surface area (Å²) in [7, 11) is 1.86. The first-order chi connectivity index (χ1) is 9.13. The molecule has 0 radical (unpaired) electrons. The zero-order valence-electron chi connectivity index (χ0n) is 10.4. The summed E-state index contributed by atoms with van der Waals surface area (Å²) in [6, 6.07) is 8.76. The second kappa shape index (κ2) is 4.24. The number of aryl methyl sites for hydroxylation is 1. The molecule has 1 aromatic carbocycles. The Morgan fingerprint density at radius 2 is 2.11 bits per heavy atom. The molecule has 0 N–H and O–H groups in total. The van der Waals surface area contributed by atoms with Crippen molar-refractivity contribution in [2.45, 2.75) is 6.54 Å². The van der Waals surface area contributed by atoms with Gasteiger partial charge in [0.25, 0.3) is 5.69 Å². The Balaban J connectivity index is 2.03. The van der Waals surface area contributed by atoms with E-state index in [1.807, 2.05) is 36.1 Å². The zero-order valence-corrected chi connectivity index (χ0v) is 10.4. The summed E-state index contributed by atoms with van der Waals surface area (Å²) in [5.41, 5.74) is 1.87. The third-order valence-corrected chi connectivity index (χ3v) is 3.07. The van der Waals surface area contributed by atoms with Crippen molar-refractivity contribution in [3.05, 3.63) is 58.5 Å². The lowest BCUT2D eigenvalue weighted by molar-refractivity contribution is -0.384. The summed E-state index contributed by atoms with van der Waals surface area (Å²) in [6.07, 6.45) is 3.80. The highest BCUT2D eigenvalue weighted by Gasteiger charge is 2.09. The second-order valence-corrected chi connectivity index (χ2v) is 4.42. The minimum Gasteiger partial charge on any atom is -0.341 e. The number of hydrogen-bond donors (Lipinski definition) is 0. The fourth-order valence-corrected chi connectivity index (χ4v) is 2.15. The quantitative estimate of drug-likeness (QED) is 0.533. The van der Waals surface area contributed by atoms with Gasteiger partial charge in [-0.3, -0.25) is 14.8 Å². The molecule has 0 amide bonds. The van der Waals surface area contributed by atoms with Crippen LogP contribution < -0.4 is 0 Å². The van der Waals surface area contributed by atoms with Gasteiger partial charge in [-0.2, -0.15) is 5.10 Å². The van der Waals surface area contributed by atoms with Gasteiger partial charge in [-0.05, 0) is 18.2 Å². The van der Waals surface area contributed by atoms with Crippen molar-refractivity contribution in [1.29, 1.82) is 0 Å². The van der Waals surface area contributed by atoms with Crippen LogP contribution in [0.25, 0.3) is 10.9 Å². The summed E-state index contributed by atoms with van der Waals surface area (Å²) in [4.78, 5) is 10.4. The molecule has 19 heavy (non-hydrogen) atoms. The van der Waals surface area contributed by atoms with Crippen LogP contribution in [0.15, 0.2) is 42.7 Å². The third kappa shape index (κ3) is 2.08. The molecule has 0 aliphatic heterocycles. The van der Waals surface area contributed by atoms with E-state index in [-0.39, 0.29) is 10.6 Å². The molecule has 6 nitrogen and oxygen atoms in total. The molecular weight excluding hydrogens is 244 g/mol. The van der Waals surface area contributed by atoms with Gasteiger partial charge in [-0.25, -0.2) is 0 Å². The van der Waals surface area contributed by atoms with E-state index in [2.05, 4.69) is 5.10 Å². The number of hydrogen-bond acceptors (Lipinski definition) is 3. The molecular formula is C13H12N4O2. The highest BCUT2D eigenvalue weighted by Crippen LogP contribution is 2.22. The fraction of sp³-hybridized carbons (Fsp3) is 0.154. The van der Waals surface area contributed by atoms with Crippen molar-refractivity contribution in [3.8, 4) is 0 Å². The minimum atomic E-state index is -0.377. The SMILES string of the molecule is Cn1ccc(Cn2ccc3ccc([N+](=O)[O-])cc32)n1. The Bertz CT molecular complexity index is 757. The molecule has 0 aliphatic rings. The molecule has 0 saturated carbocycles. The summed E-state index contributed by atoms with van der Waals surface area (Å²) in [6.45, 7) is 0.603. The Hall–Kier alpha value is -2.63. The summed E-state index contributed by atoms with van der Waals surface area (Å²) >= 11 is 0. The Morgan fingerprint density at radius 3 is 2.79 bits per heavy atom. The molecule has 0 unspecified atom stereocenters. The summed E-state index contributed by atoms with van der Waals surface area (Å²) < 4.78 is 3.70. The number of nitrogens with zero attached hydrogens (tertiary/aromatic N) is 4. The number of aromatic nitrogens is 3. The van der Waals surface area contributed by atoms with E-state index >= 15 is 0 Å². The molecule has 0 atom stereocenters. The van der Waals surface area contributed by atoms with E-state index in [4.69, 9.17) is 0 Å². The van der Waals surface area contributed by atoms with Gasteiger partial charge < -0.3 is 4.57 Å². The summed E-state index contributed by atoms with van der Waals surface area (Å²) in [5, 5.41) is 16.1. The topological polar surface area (TPSA) is 65.9 Å².